The SMILES string of the molecule is O=C(c1csc(-c2ccccc2)n1)N1CCC(NCC2CC2)CC1. The summed E-state index contributed by atoms with van der Waals surface area (Å²) in [5.74, 6) is 0.991. The smallest absolute Gasteiger partial charge is 0.273 e. The summed E-state index contributed by atoms with van der Waals surface area (Å²) in [7, 11) is 0. The van der Waals surface area contributed by atoms with Crippen LogP contribution < -0.4 is 5.32 Å². The van der Waals surface area contributed by atoms with Crippen molar-refractivity contribution >= 4 is 17.2 Å². The summed E-state index contributed by atoms with van der Waals surface area (Å²) >= 11 is 1.54. The standard InChI is InChI=1S/C19H23N3OS/c23-19(17-13-24-18(21-17)15-4-2-1-3-5-15)22-10-8-16(9-11-22)20-12-14-6-7-14/h1-5,13-14,16,20H,6-12H2. The first-order valence-electron chi connectivity index (χ1n) is 8.83. The third kappa shape index (κ3) is 3.68. The molecule has 1 amide bonds. The largest absolute Gasteiger partial charge is 0.337 e. The molecule has 0 bridgehead atoms. The minimum atomic E-state index is 0.0778. The molecule has 0 atom stereocenters. The molecule has 1 N–H and O–H groups in total. The number of piperidine rings is 1. The molecule has 2 heterocycles. The van der Waals surface area contributed by atoms with E-state index in [1.54, 1.807) is 11.3 Å². The lowest BCUT2D eigenvalue weighted by atomic mass is 10.0. The Morgan fingerprint density at radius 2 is 1.92 bits per heavy atom. The van der Waals surface area contributed by atoms with Gasteiger partial charge in [-0.15, -0.1) is 11.3 Å². The quantitative estimate of drug-likeness (QED) is 0.906. The first-order valence-corrected chi connectivity index (χ1v) is 9.71. The van der Waals surface area contributed by atoms with Crippen molar-refractivity contribution in [3.63, 3.8) is 0 Å². The van der Waals surface area contributed by atoms with Gasteiger partial charge in [-0.05, 0) is 38.1 Å². The zero-order valence-corrected chi connectivity index (χ0v) is 14.6. The highest BCUT2D eigenvalue weighted by molar-refractivity contribution is 7.13. The molecule has 1 aliphatic heterocycles. The highest BCUT2D eigenvalue weighted by atomic mass is 32.1. The van der Waals surface area contributed by atoms with E-state index in [4.69, 9.17) is 0 Å². The third-order valence-electron chi connectivity index (χ3n) is 4.92. The average Bonchev–Trinajstić information content (AvgIpc) is 3.34. The number of nitrogens with zero attached hydrogens (tertiary/aromatic N) is 2. The van der Waals surface area contributed by atoms with Crippen LogP contribution in [0.1, 0.15) is 36.2 Å². The molecule has 2 aliphatic rings. The Bertz CT molecular complexity index is 688. The van der Waals surface area contributed by atoms with Crippen molar-refractivity contribution < 1.29 is 4.79 Å². The zero-order valence-electron chi connectivity index (χ0n) is 13.8. The number of carbonyl (C=O) groups excluding carboxylic acids is 1. The normalized spacial score (nSPS) is 18.8. The topological polar surface area (TPSA) is 45.2 Å². The summed E-state index contributed by atoms with van der Waals surface area (Å²) in [5.41, 5.74) is 1.66. The van der Waals surface area contributed by atoms with Gasteiger partial charge in [-0.2, -0.15) is 0 Å². The summed E-state index contributed by atoms with van der Waals surface area (Å²) < 4.78 is 0. The van der Waals surface area contributed by atoms with Crippen molar-refractivity contribution in [2.75, 3.05) is 19.6 Å². The molecule has 1 aromatic carbocycles. The van der Waals surface area contributed by atoms with Crippen molar-refractivity contribution in [1.29, 1.82) is 0 Å². The fraction of sp³-hybridized carbons (Fsp3) is 0.474. The molecule has 4 rings (SSSR count). The van der Waals surface area contributed by atoms with Gasteiger partial charge >= 0.3 is 0 Å². The lowest BCUT2D eigenvalue weighted by Gasteiger charge is -2.32. The Balaban J connectivity index is 1.34. The van der Waals surface area contributed by atoms with Crippen LogP contribution in [0.3, 0.4) is 0 Å². The molecule has 2 fully saturated rings. The maximum Gasteiger partial charge on any atom is 0.273 e. The van der Waals surface area contributed by atoms with Crippen LogP contribution in [0.4, 0.5) is 0 Å². The van der Waals surface area contributed by atoms with Gasteiger partial charge in [0.2, 0.25) is 0 Å². The predicted octanol–water partition coefficient (Wildman–Crippen LogP) is 3.41. The summed E-state index contributed by atoms with van der Waals surface area (Å²) in [5, 5.41) is 6.46. The molecular formula is C19H23N3OS. The molecular weight excluding hydrogens is 318 g/mol. The van der Waals surface area contributed by atoms with E-state index in [0.717, 1.165) is 49.0 Å². The summed E-state index contributed by atoms with van der Waals surface area (Å²) in [6.07, 6.45) is 4.87. The monoisotopic (exact) mass is 341 g/mol. The molecule has 1 aliphatic carbocycles. The molecule has 24 heavy (non-hydrogen) atoms. The van der Waals surface area contributed by atoms with E-state index in [1.807, 2.05) is 40.6 Å². The van der Waals surface area contributed by atoms with E-state index in [1.165, 1.54) is 12.8 Å². The Morgan fingerprint density at radius 3 is 2.62 bits per heavy atom. The van der Waals surface area contributed by atoms with E-state index in [-0.39, 0.29) is 5.91 Å². The molecule has 0 spiro atoms. The molecule has 0 unspecified atom stereocenters. The number of rotatable bonds is 5. The predicted molar refractivity (Wildman–Crippen MR) is 97.2 cm³/mol. The van der Waals surface area contributed by atoms with Crippen molar-refractivity contribution in [3.05, 3.63) is 41.4 Å². The highest BCUT2D eigenvalue weighted by Crippen LogP contribution is 2.28. The number of carbonyl (C=O) groups is 1. The Kier molecular flexibility index (Phi) is 4.63. The number of nitrogens with one attached hydrogen (secondary N) is 1. The van der Waals surface area contributed by atoms with Gasteiger partial charge in [0.05, 0.1) is 0 Å². The lowest BCUT2D eigenvalue weighted by Crippen LogP contribution is -2.45. The van der Waals surface area contributed by atoms with Crippen LogP contribution in [-0.2, 0) is 0 Å². The maximum absolute atomic E-state index is 12.7. The molecule has 4 nitrogen and oxygen atoms in total. The van der Waals surface area contributed by atoms with Gasteiger partial charge in [-0.3, -0.25) is 4.79 Å². The van der Waals surface area contributed by atoms with Crippen LogP contribution in [0.2, 0.25) is 0 Å². The van der Waals surface area contributed by atoms with Crippen LogP contribution >= 0.6 is 11.3 Å². The molecule has 126 valence electrons. The molecule has 2 aromatic rings. The molecule has 1 saturated heterocycles. The van der Waals surface area contributed by atoms with E-state index in [2.05, 4.69) is 10.3 Å². The summed E-state index contributed by atoms with van der Waals surface area (Å²) in [4.78, 5) is 19.2. The van der Waals surface area contributed by atoms with Crippen LogP contribution in [0, 0.1) is 5.92 Å². The molecule has 5 heteroatoms. The van der Waals surface area contributed by atoms with Crippen LogP contribution in [0.15, 0.2) is 35.7 Å². The first-order chi connectivity index (χ1) is 11.8. The van der Waals surface area contributed by atoms with Crippen molar-refractivity contribution in [2.45, 2.75) is 31.7 Å². The van der Waals surface area contributed by atoms with Gasteiger partial charge in [-0.25, -0.2) is 4.98 Å². The number of benzene rings is 1. The van der Waals surface area contributed by atoms with Crippen molar-refractivity contribution in [3.8, 4) is 10.6 Å². The Hall–Kier alpha value is -1.72. The van der Waals surface area contributed by atoms with E-state index >= 15 is 0 Å². The Labute approximate surface area is 146 Å². The van der Waals surface area contributed by atoms with Gasteiger partial charge < -0.3 is 10.2 Å². The number of thiazole rings is 1. The number of hydrogen-bond acceptors (Lipinski definition) is 4. The molecule has 1 aromatic heterocycles. The van der Waals surface area contributed by atoms with Gasteiger partial charge in [0.25, 0.3) is 5.91 Å². The first kappa shape index (κ1) is 15.8. The number of amides is 1. The second-order valence-electron chi connectivity index (χ2n) is 6.82. The zero-order chi connectivity index (χ0) is 16.4. The number of likely N-dealkylation sites (tertiary alicyclic amines) is 1. The minimum absolute atomic E-state index is 0.0778. The molecule has 1 saturated carbocycles. The van der Waals surface area contributed by atoms with Gasteiger partial charge in [0, 0.05) is 30.1 Å². The summed E-state index contributed by atoms with van der Waals surface area (Å²) in [6.45, 7) is 2.82. The minimum Gasteiger partial charge on any atom is -0.337 e. The highest BCUT2D eigenvalue weighted by Gasteiger charge is 2.27. The van der Waals surface area contributed by atoms with Gasteiger partial charge in [0.15, 0.2) is 0 Å². The third-order valence-corrected chi connectivity index (χ3v) is 5.81. The summed E-state index contributed by atoms with van der Waals surface area (Å²) in [6, 6.07) is 10.6. The van der Waals surface area contributed by atoms with E-state index in [0.29, 0.717) is 11.7 Å². The van der Waals surface area contributed by atoms with Crippen molar-refractivity contribution in [1.82, 2.24) is 15.2 Å². The van der Waals surface area contributed by atoms with Crippen LogP contribution in [0.25, 0.3) is 10.6 Å². The second-order valence-corrected chi connectivity index (χ2v) is 7.68. The number of hydrogen-bond donors (Lipinski definition) is 1. The fourth-order valence-electron chi connectivity index (χ4n) is 3.19. The van der Waals surface area contributed by atoms with Gasteiger partial charge in [-0.1, -0.05) is 30.3 Å². The second kappa shape index (κ2) is 7.03. The fourth-order valence-corrected chi connectivity index (χ4v) is 3.99. The average molecular weight is 341 g/mol. The van der Waals surface area contributed by atoms with E-state index in [9.17, 15) is 4.79 Å². The molecule has 0 radical (unpaired) electrons. The van der Waals surface area contributed by atoms with Crippen molar-refractivity contribution in [2.24, 2.45) is 5.92 Å². The lowest BCUT2D eigenvalue weighted by molar-refractivity contribution is 0.0700. The van der Waals surface area contributed by atoms with Crippen LogP contribution in [-0.4, -0.2) is 41.5 Å². The number of aromatic nitrogens is 1. The maximum atomic E-state index is 12.7. The van der Waals surface area contributed by atoms with E-state index < -0.39 is 0 Å². The Morgan fingerprint density at radius 1 is 1.17 bits per heavy atom. The van der Waals surface area contributed by atoms with Crippen LogP contribution in [0.5, 0.6) is 0 Å². The van der Waals surface area contributed by atoms with Gasteiger partial charge in [0.1, 0.15) is 10.7 Å².